The van der Waals surface area contributed by atoms with Crippen molar-refractivity contribution in [3.63, 3.8) is 0 Å². The lowest BCUT2D eigenvalue weighted by Crippen LogP contribution is -2.36. The van der Waals surface area contributed by atoms with E-state index in [2.05, 4.69) is 5.32 Å². The fourth-order valence-corrected chi connectivity index (χ4v) is 2.23. The molecule has 110 valence electrons. The number of aliphatic hydroxyl groups excluding tert-OH is 1. The summed E-state index contributed by atoms with van der Waals surface area (Å²) in [7, 11) is -3.14. The Morgan fingerprint density at radius 3 is 2.25 bits per heavy atom. The van der Waals surface area contributed by atoms with Crippen molar-refractivity contribution in [2.45, 2.75) is 11.9 Å². The minimum Gasteiger partial charge on any atom is -0.479 e. The van der Waals surface area contributed by atoms with Gasteiger partial charge < -0.3 is 15.5 Å². The number of rotatable bonds is 6. The Kier molecular flexibility index (Phi) is 5.23. The van der Waals surface area contributed by atoms with E-state index < -0.39 is 34.4 Å². The molecule has 1 rings (SSSR count). The van der Waals surface area contributed by atoms with Crippen LogP contribution in [0.25, 0.3) is 0 Å². The van der Waals surface area contributed by atoms with Crippen LogP contribution < -0.4 is 5.32 Å². The lowest BCUT2D eigenvalue weighted by atomic mass is 10.1. The predicted molar refractivity (Wildman–Crippen MR) is 71.0 cm³/mol. The molecule has 8 heteroatoms. The standard InChI is InChI=1S/C12H15NO6S/c1-20(18,19)7-8-2-4-9(5-3-8)11(15)13-6-10(14)12(16)17/h2-5,10,14H,6-7H2,1H3,(H,13,15)(H,16,17). The van der Waals surface area contributed by atoms with E-state index in [1.165, 1.54) is 24.3 Å². The number of benzene rings is 1. The number of amides is 1. The zero-order valence-electron chi connectivity index (χ0n) is 10.7. The second-order valence-corrected chi connectivity index (χ2v) is 6.47. The summed E-state index contributed by atoms with van der Waals surface area (Å²) in [4.78, 5) is 22.0. The van der Waals surface area contributed by atoms with E-state index in [-0.39, 0.29) is 11.3 Å². The van der Waals surface area contributed by atoms with E-state index in [4.69, 9.17) is 10.2 Å². The molecular formula is C12H15NO6S. The minimum atomic E-state index is -3.14. The smallest absolute Gasteiger partial charge is 0.334 e. The Balaban J connectivity index is 2.64. The van der Waals surface area contributed by atoms with Crippen molar-refractivity contribution in [3.05, 3.63) is 35.4 Å². The van der Waals surface area contributed by atoms with Crippen LogP contribution in [0.4, 0.5) is 0 Å². The summed E-state index contributed by atoms with van der Waals surface area (Å²) in [6.07, 6.45) is -0.551. The van der Waals surface area contributed by atoms with Crippen LogP contribution in [-0.2, 0) is 20.4 Å². The Bertz CT molecular complexity index is 593. The van der Waals surface area contributed by atoms with Gasteiger partial charge in [-0.15, -0.1) is 0 Å². The Hall–Kier alpha value is -1.93. The summed E-state index contributed by atoms with van der Waals surface area (Å²) < 4.78 is 22.2. The van der Waals surface area contributed by atoms with Crippen LogP contribution >= 0.6 is 0 Å². The number of sulfone groups is 1. The van der Waals surface area contributed by atoms with Crippen molar-refractivity contribution < 1.29 is 28.2 Å². The van der Waals surface area contributed by atoms with Gasteiger partial charge in [-0.3, -0.25) is 4.79 Å². The summed E-state index contributed by atoms with van der Waals surface area (Å²) in [6.45, 7) is -0.404. The Morgan fingerprint density at radius 1 is 1.25 bits per heavy atom. The van der Waals surface area contributed by atoms with E-state index in [9.17, 15) is 18.0 Å². The van der Waals surface area contributed by atoms with Gasteiger partial charge in [-0.2, -0.15) is 0 Å². The van der Waals surface area contributed by atoms with Gasteiger partial charge in [0, 0.05) is 11.8 Å². The molecule has 0 aliphatic carbocycles. The molecule has 0 aliphatic heterocycles. The van der Waals surface area contributed by atoms with E-state index >= 15 is 0 Å². The van der Waals surface area contributed by atoms with Crippen LogP contribution in [0.3, 0.4) is 0 Å². The molecule has 0 spiro atoms. The van der Waals surface area contributed by atoms with Crippen LogP contribution in [0.1, 0.15) is 15.9 Å². The van der Waals surface area contributed by atoms with Crippen molar-refractivity contribution in [2.24, 2.45) is 0 Å². The van der Waals surface area contributed by atoms with Crippen LogP contribution in [0.15, 0.2) is 24.3 Å². The number of carboxylic acid groups (broad SMARTS) is 1. The number of hydrogen-bond acceptors (Lipinski definition) is 5. The Labute approximate surface area is 116 Å². The summed E-state index contributed by atoms with van der Waals surface area (Å²) in [5.41, 5.74) is 0.800. The van der Waals surface area contributed by atoms with Gasteiger partial charge in [0.05, 0.1) is 12.3 Å². The first kappa shape index (κ1) is 16.1. The van der Waals surface area contributed by atoms with Gasteiger partial charge in [-0.05, 0) is 17.7 Å². The molecule has 0 saturated carbocycles. The first-order chi connectivity index (χ1) is 9.19. The number of carboxylic acids is 1. The molecule has 1 amide bonds. The highest BCUT2D eigenvalue weighted by molar-refractivity contribution is 7.89. The van der Waals surface area contributed by atoms with Gasteiger partial charge >= 0.3 is 5.97 Å². The van der Waals surface area contributed by atoms with Crippen molar-refractivity contribution in [1.82, 2.24) is 5.32 Å². The molecule has 0 saturated heterocycles. The minimum absolute atomic E-state index is 0.118. The van der Waals surface area contributed by atoms with Crippen LogP contribution in [0, 0.1) is 0 Å². The lowest BCUT2D eigenvalue weighted by molar-refractivity contribution is -0.146. The van der Waals surface area contributed by atoms with Crippen molar-refractivity contribution in [2.75, 3.05) is 12.8 Å². The molecule has 1 aromatic carbocycles. The van der Waals surface area contributed by atoms with Crippen LogP contribution in [0.2, 0.25) is 0 Å². The quantitative estimate of drug-likeness (QED) is 0.645. The average Bonchev–Trinajstić information content (AvgIpc) is 2.34. The molecule has 0 aromatic heterocycles. The molecule has 1 aromatic rings. The fraction of sp³-hybridized carbons (Fsp3) is 0.333. The highest BCUT2D eigenvalue weighted by atomic mass is 32.2. The van der Waals surface area contributed by atoms with Gasteiger partial charge in [-0.1, -0.05) is 12.1 Å². The Morgan fingerprint density at radius 2 is 1.80 bits per heavy atom. The molecular weight excluding hydrogens is 286 g/mol. The first-order valence-electron chi connectivity index (χ1n) is 5.65. The third-order valence-corrected chi connectivity index (χ3v) is 3.24. The van der Waals surface area contributed by atoms with E-state index in [1.54, 1.807) is 0 Å². The zero-order valence-corrected chi connectivity index (χ0v) is 11.6. The maximum absolute atomic E-state index is 11.6. The SMILES string of the molecule is CS(=O)(=O)Cc1ccc(C(=O)NCC(O)C(=O)O)cc1. The number of aliphatic carboxylic acids is 1. The molecule has 20 heavy (non-hydrogen) atoms. The molecule has 0 fully saturated rings. The molecule has 1 unspecified atom stereocenters. The monoisotopic (exact) mass is 301 g/mol. The molecule has 3 N–H and O–H groups in total. The highest BCUT2D eigenvalue weighted by Crippen LogP contribution is 2.07. The van der Waals surface area contributed by atoms with Crippen molar-refractivity contribution in [1.29, 1.82) is 0 Å². The second-order valence-electron chi connectivity index (χ2n) is 4.33. The number of nitrogens with one attached hydrogen (secondary N) is 1. The number of aliphatic hydroxyl groups is 1. The lowest BCUT2D eigenvalue weighted by Gasteiger charge is -2.08. The summed E-state index contributed by atoms with van der Waals surface area (Å²) >= 11 is 0. The van der Waals surface area contributed by atoms with Gasteiger partial charge in [0.25, 0.3) is 5.91 Å². The maximum Gasteiger partial charge on any atom is 0.334 e. The highest BCUT2D eigenvalue weighted by Gasteiger charge is 2.15. The first-order valence-corrected chi connectivity index (χ1v) is 7.71. The molecule has 0 radical (unpaired) electrons. The topological polar surface area (TPSA) is 121 Å². The van der Waals surface area contributed by atoms with E-state index in [0.717, 1.165) is 6.26 Å². The zero-order chi connectivity index (χ0) is 15.3. The summed E-state index contributed by atoms with van der Waals surface area (Å²) in [5.74, 6) is -2.09. The van der Waals surface area contributed by atoms with Gasteiger partial charge in [-0.25, -0.2) is 13.2 Å². The maximum atomic E-state index is 11.6. The predicted octanol–water partition coefficient (Wildman–Crippen LogP) is -0.593. The van der Waals surface area contributed by atoms with E-state index in [1.807, 2.05) is 0 Å². The van der Waals surface area contributed by atoms with Crippen LogP contribution in [0.5, 0.6) is 0 Å². The summed E-state index contributed by atoms with van der Waals surface area (Å²) in [6, 6.07) is 5.87. The third-order valence-electron chi connectivity index (χ3n) is 2.39. The van der Waals surface area contributed by atoms with Crippen molar-refractivity contribution >= 4 is 21.7 Å². The summed E-state index contributed by atoms with van der Waals surface area (Å²) in [5, 5.41) is 19.7. The molecule has 0 heterocycles. The van der Waals surface area contributed by atoms with Crippen LogP contribution in [-0.4, -0.2) is 49.4 Å². The van der Waals surface area contributed by atoms with Crippen molar-refractivity contribution in [3.8, 4) is 0 Å². The van der Waals surface area contributed by atoms with Gasteiger partial charge in [0.1, 0.15) is 0 Å². The second kappa shape index (κ2) is 6.49. The number of hydrogen-bond donors (Lipinski definition) is 3. The van der Waals surface area contributed by atoms with Gasteiger partial charge in [0.2, 0.25) is 0 Å². The average molecular weight is 301 g/mol. The fourth-order valence-electron chi connectivity index (χ4n) is 1.43. The van der Waals surface area contributed by atoms with Gasteiger partial charge in [0.15, 0.2) is 15.9 Å². The molecule has 0 aliphatic rings. The largest absolute Gasteiger partial charge is 0.479 e. The number of carbonyl (C=O) groups excluding carboxylic acids is 1. The van der Waals surface area contributed by atoms with E-state index in [0.29, 0.717) is 5.56 Å². The normalized spacial score (nSPS) is 12.7. The molecule has 0 bridgehead atoms. The molecule has 7 nitrogen and oxygen atoms in total. The number of carbonyl (C=O) groups is 2. The molecule has 1 atom stereocenters. The third kappa shape index (κ3) is 5.37.